The second-order valence-corrected chi connectivity index (χ2v) is 4.47. The van der Waals surface area contributed by atoms with Crippen molar-refractivity contribution in [1.82, 2.24) is 15.3 Å². The largest absolute Gasteiger partial charge is 0.355 e. The number of aromatic nitrogens is 2. The molecule has 5 heteroatoms. The Balaban J connectivity index is 2.48. The summed E-state index contributed by atoms with van der Waals surface area (Å²) in [6.07, 6.45) is 8.72. The van der Waals surface area contributed by atoms with Gasteiger partial charge in [-0.3, -0.25) is 4.79 Å². The van der Waals surface area contributed by atoms with Gasteiger partial charge < -0.3 is 11.1 Å². The van der Waals surface area contributed by atoms with Crippen LogP contribution in [-0.2, 0) is 4.79 Å². The third-order valence-corrected chi connectivity index (χ3v) is 3.00. The molecule has 1 aliphatic rings. The second kappa shape index (κ2) is 4.70. The molecular formula is C13H16N4O. The second-order valence-electron chi connectivity index (χ2n) is 4.47. The summed E-state index contributed by atoms with van der Waals surface area (Å²) >= 11 is 0. The SMILES string of the molecule is CNC(=O)C1=CC=CC(C)(N)C1c1ncccn1. The van der Waals surface area contributed by atoms with Crippen LogP contribution in [0.5, 0.6) is 0 Å². The van der Waals surface area contributed by atoms with Crippen molar-refractivity contribution in [2.24, 2.45) is 5.73 Å². The van der Waals surface area contributed by atoms with Gasteiger partial charge in [-0.25, -0.2) is 9.97 Å². The first-order chi connectivity index (χ1) is 8.56. The van der Waals surface area contributed by atoms with E-state index in [2.05, 4.69) is 15.3 Å². The molecule has 1 aliphatic carbocycles. The first kappa shape index (κ1) is 12.4. The van der Waals surface area contributed by atoms with E-state index in [0.29, 0.717) is 11.4 Å². The number of carbonyl (C=O) groups excluding carboxylic acids is 1. The molecule has 1 heterocycles. The van der Waals surface area contributed by atoms with E-state index in [0.717, 1.165) is 0 Å². The van der Waals surface area contributed by atoms with E-state index in [4.69, 9.17) is 5.73 Å². The average Bonchev–Trinajstić information content (AvgIpc) is 2.37. The number of hydrogen-bond donors (Lipinski definition) is 2. The molecule has 0 saturated heterocycles. The van der Waals surface area contributed by atoms with E-state index in [1.807, 2.05) is 13.0 Å². The molecule has 1 aromatic rings. The highest BCUT2D eigenvalue weighted by Gasteiger charge is 2.38. The van der Waals surface area contributed by atoms with Crippen molar-refractivity contribution in [1.29, 1.82) is 0 Å². The molecule has 1 amide bonds. The van der Waals surface area contributed by atoms with E-state index >= 15 is 0 Å². The lowest BCUT2D eigenvalue weighted by Crippen LogP contribution is -2.46. The smallest absolute Gasteiger partial charge is 0.247 e. The number of hydrogen-bond acceptors (Lipinski definition) is 4. The molecular weight excluding hydrogens is 228 g/mol. The van der Waals surface area contributed by atoms with Crippen molar-refractivity contribution in [3.8, 4) is 0 Å². The maximum atomic E-state index is 11.9. The van der Waals surface area contributed by atoms with Gasteiger partial charge in [-0.1, -0.05) is 18.2 Å². The van der Waals surface area contributed by atoms with Crippen LogP contribution < -0.4 is 11.1 Å². The van der Waals surface area contributed by atoms with Crippen LogP contribution in [0.1, 0.15) is 18.7 Å². The first-order valence-electron chi connectivity index (χ1n) is 5.73. The van der Waals surface area contributed by atoms with Gasteiger partial charge in [0.25, 0.3) is 0 Å². The maximum absolute atomic E-state index is 11.9. The Labute approximate surface area is 106 Å². The predicted octanol–water partition coefficient (Wildman–Crippen LogP) is 0.520. The van der Waals surface area contributed by atoms with Crippen molar-refractivity contribution in [2.75, 3.05) is 7.05 Å². The molecule has 0 saturated carbocycles. The lowest BCUT2D eigenvalue weighted by atomic mass is 9.76. The summed E-state index contributed by atoms with van der Waals surface area (Å²) in [7, 11) is 1.60. The van der Waals surface area contributed by atoms with Gasteiger partial charge in [-0.2, -0.15) is 0 Å². The minimum absolute atomic E-state index is 0.159. The molecule has 0 spiro atoms. The average molecular weight is 244 g/mol. The van der Waals surface area contributed by atoms with E-state index < -0.39 is 5.54 Å². The van der Waals surface area contributed by atoms with Gasteiger partial charge in [0.1, 0.15) is 5.82 Å². The van der Waals surface area contributed by atoms with Crippen molar-refractivity contribution in [2.45, 2.75) is 18.4 Å². The molecule has 2 atom stereocenters. The molecule has 0 bridgehead atoms. The molecule has 94 valence electrons. The highest BCUT2D eigenvalue weighted by atomic mass is 16.1. The normalized spacial score (nSPS) is 26.6. The lowest BCUT2D eigenvalue weighted by Gasteiger charge is -2.33. The summed E-state index contributed by atoms with van der Waals surface area (Å²) in [5, 5.41) is 2.62. The van der Waals surface area contributed by atoms with Crippen LogP contribution in [0.2, 0.25) is 0 Å². The summed E-state index contributed by atoms with van der Waals surface area (Å²) in [6.45, 7) is 1.86. The third-order valence-electron chi connectivity index (χ3n) is 3.00. The maximum Gasteiger partial charge on any atom is 0.247 e. The minimum Gasteiger partial charge on any atom is -0.355 e. The van der Waals surface area contributed by atoms with Crippen molar-refractivity contribution in [3.63, 3.8) is 0 Å². The van der Waals surface area contributed by atoms with Crippen molar-refractivity contribution >= 4 is 5.91 Å². The Morgan fingerprint density at radius 3 is 2.72 bits per heavy atom. The summed E-state index contributed by atoms with van der Waals surface area (Å²) < 4.78 is 0. The predicted molar refractivity (Wildman–Crippen MR) is 68.7 cm³/mol. The number of nitrogens with zero attached hydrogens (tertiary/aromatic N) is 2. The molecule has 0 radical (unpaired) electrons. The summed E-state index contributed by atoms with van der Waals surface area (Å²) in [4.78, 5) is 20.4. The Bertz CT molecular complexity index is 505. The summed E-state index contributed by atoms with van der Waals surface area (Å²) in [5.41, 5.74) is 6.15. The quantitative estimate of drug-likeness (QED) is 0.794. The topological polar surface area (TPSA) is 80.9 Å². The van der Waals surface area contributed by atoms with Gasteiger partial charge in [0.05, 0.1) is 5.92 Å². The van der Waals surface area contributed by atoms with Crippen LogP contribution in [0.3, 0.4) is 0 Å². The molecule has 0 aliphatic heterocycles. The van der Waals surface area contributed by atoms with E-state index in [9.17, 15) is 4.79 Å². The fourth-order valence-corrected chi connectivity index (χ4v) is 2.11. The molecule has 0 aromatic carbocycles. The van der Waals surface area contributed by atoms with E-state index in [1.54, 1.807) is 37.7 Å². The summed E-state index contributed by atoms with van der Waals surface area (Å²) in [5.74, 6) is 0.0545. The van der Waals surface area contributed by atoms with Gasteiger partial charge >= 0.3 is 0 Å². The fourth-order valence-electron chi connectivity index (χ4n) is 2.11. The Kier molecular flexibility index (Phi) is 3.25. The van der Waals surface area contributed by atoms with Crippen LogP contribution >= 0.6 is 0 Å². The van der Waals surface area contributed by atoms with Gasteiger partial charge in [0, 0.05) is 30.6 Å². The van der Waals surface area contributed by atoms with Crippen LogP contribution in [0.25, 0.3) is 0 Å². The standard InChI is InChI=1S/C13H16N4O/c1-13(14)6-3-5-9(12(18)15-2)10(13)11-16-7-4-8-17-11/h3-8,10H,14H2,1-2H3,(H,15,18). The van der Waals surface area contributed by atoms with Crippen LogP contribution in [0.15, 0.2) is 42.3 Å². The van der Waals surface area contributed by atoms with Crippen LogP contribution in [0.4, 0.5) is 0 Å². The molecule has 5 nitrogen and oxygen atoms in total. The molecule has 2 unspecified atom stereocenters. The molecule has 3 N–H and O–H groups in total. The molecule has 18 heavy (non-hydrogen) atoms. The Morgan fingerprint density at radius 2 is 2.11 bits per heavy atom. The number of nitrogens with two attached hydrogens (primary N) is 1. The summed E-state index contributed by atoms with van der Waals surface area (Å²) in [6, 6.07) is 1.74. The molecule has 1 aromatic heterocycles. The zero-order chi connectivity index (χ0) is 13.2. The van der Waals surface area contributed by atoms with Crippen molar-refractivity contribution < 1.29 is 4.79 Å². The molecule has 0 fully saturated rings. The zero-order valence-corrected chi connectivity index (χ0v) is 10.4. The van der Waals surface area contributed by atoms with E-state index in [-0.39, 0.29) is 11.8 Å². The number of rotatable bonds is 2. The highest BCUT2D eigenvalue weighted by Crippen LogP contribution is 2.35. The third kappa shape index (κ3) is 2.17. The highest BCUT2D eigenvalue weighted by molar-refractivity contribution is 5.95. The molecule has 2 rings (SSSR count). The zero-order valence-electron chi connectivity index (χ0n) is 10.4. The van der Waals surface area contributed by atoms with Crippen LogP contribution in [0, 0.1) is 0 Å². The number of likely N-dealkylation sites (N-methyl/N-ethyl adjacent to an activating group) is 1. The van der Waals surface area contributed by atoms with Crippen molar-refractivity contribution in [3.05, 3.63) is 48.1 Å². The van der Waals surface area contributed by atoms with Gasteiger partial charge in [0.2, 0.25) is 5.91 Å². The van der Waals surface area contributed by atoms with Crippen LogP contribution in [-0.4, -0.2) is 28.5 Å². The van der Waals surface area contributed by atoms with E-state index in [1.165, 1.54) is 0 Å². The number of carbonyl (C=O) groups is 1. The Hall–Kier alpha value is -2.01. The van der Waals surface area contributed by atoms with Gasteiger partial charge in [-0.05, 0) is 13.0 Å². The van der Waals surface area contributed by atoms with Gasteiger partial charge in [-0.15, -0.1) is 0 Å². The first-order valence-corrected chi connectivity index (χ1v) is 5.73. The number of nitrogens with one attached hydrogen (secondary N) is 1. The fraction of sp³-hybridized carbons (Fsp3) is 0.308. The van der Waals surface area contributed by atoms with Gasteiger partial charge in [0.15, 0.2) is 0 Å². The lowest BCUT2D eigenvalue weighted by molar-refractivity contribution is -0.117. The minimum atomic E-state index is -0.683. The Morgan fingerprint density at radius 1 is 1.44 bits per heavy atom. The monoisotopic (exact) mass is 244 g/mol. The number of allylic oxidation sites excluding steroid dienone is 2. The number of amides is 1.